The van der Waals surface area contributed by atoms with E-state index in [1.807, 2.05) is 6.92 Å². The first-order valence-electron chi connectivity index (χ1n) is 5.57. The number of nitrogens with one attached hydrogen (secondary N) is 1. The standard InChI is InChI=1S/C11H17N3OS/c1-8-10(16-7-13-8)11(15)12-5-6-14(2)9-3-4-9/h7,9H,3-6H2,1-2H3,(H,12,15). The molecular formula is C11H17N3OS. The summed E-state index contributed by atoms with van der Waals surface area (Å²) in [5.74, 6) is 0.00389. The highest BCUT2D eigenvalue weighted by molar-refractivity contribution is 7.11. The molecule has 1 aromatic rings. The van der Waals surface area contributed by atoms with Crippen molar-refractivity contribution >= 4 is 17.2 Å². The third kappa shape index (κ3) is 2.80. The summed E-state index contributed by atoms with van der Waals surface area (Å²) in [6.07, 6.45) is 2.61. The summed E-state index contributed by atoms with van der Waals surface area (Å²) < 4.78 is 0. The number of amides is 1. The van der Waals surface area contributed by atoms with Crippen LogP contribution in [-0.2, 0) is 0 Å². The van der Waals surface area contributed by atoms with Gasteiger partial charge in [0.15, 0.2) is 0 Å². The Morgan fingerprint density at radius 2 is 2.44 bits per heavy atom. The zero-order valence-corrected chi connectivity index (χ0v) is 10.5. The van der Waals surface area contributed by atoms with Gasteiger partial charge in [-0.25, -0.2) is 4.98 Å². The number of aromatic nitrogens is 1. The van der Waals surface area contributed by atoms with Crippen molar-refractivity contribution < 1.29 is 4.79 Å². The van der Waals surface area contributed by atoms with E-state index in [4.69, 9.17) is 0 Å². The third-order valence-corrected chi connectivity index (χ3v) is 3.80. The highest BCUT2D eigenvalue weighted by atomic mass is 32.1. The fourth-order valence-electron chi connectivity index (χ4n) is 1.64. The van der Waals surface area contributed by atoms with Crippen LogP contribution in [-0.4, -0.2) is 42.0 Å². The molecule has 1 aliphatic rings. The van der Waals surface area contributed by atoms with Gasteiger partial charge in [-0.05, 0) is 26.8 Å². The second kappa shape index (κ2) is 4.93. The molecule has 0 spiro atoms. The first kappa shape index (κ1) is 11.5. The minimum absolute atomic E-state index is 0.00389. The van der Waals surface area contributed by atoms with E-state index < -0.39 is 0 Å². The third-order valence-electron chi connectivity index (χ3n) is 2.87. The van der Waals surface area contributed by atoms with Crippen molar-refractivity contribution in [2.75, 3.05) is 20.1 Å². The number of hydrogen-bond donors (Lipinski definition) is 1. The van der Waals surface area contributed by atoms with E-state index in [1.165, 1.54) is 24.2 Å². The van der Waals surface area contributed by atoms with Gasteiger partial charge < -0.3 is 10.2 Å². The Labute approximate surface area is 99.7 Å². The number of thiazole rings is 1. The van der Waals surface area contributed by atoms with Crippen molar-refractivity contribution in [3.63, 3.8) is 0 Å². The molecule has 0 saturated heterocycles. The molecule has 0 aromatic carbocycles. The quantitative estimate of drug-likeness (QED) is 0.842. The lowest BCUT2D eigenvalue weighted by Gasteiger charge is -2.15. The maximum atomic E-state index is 11.7. The molecule has 0 atom stereocenters. The van der Waals surface area contributed by atoms with Gasteiger partial charge in [0.05, 0.1) is 11.2 Å². The van der Waals surface area contributed by atoms with Crippen LogP contribution in [0.2, 0.25) is 0 Å². The van der Waals surface area contributed by atoms with Crippen LogP contribution in [0.3, 0.4) is 0 Å². The van der Waals surface area contributed by atoms with E-state index in [2.05, 4.69) is 22.2 Å². The molecule has 0 radical (unpaired) electrons. The summed E-state index contributed by atoms with van der Waals surface area (Å²) in [6.45, 7) is 3.50. The molecule has 1 heterocycles. The molecule has 1 aliphatic carbocycles. The Morgan fingerprint density at radius 3 is 3.00 bits per heavy atom. The average Bonchev–Trinajstić information content (AvgIpc) is 3.01. The van der Waals surface area contributed by atoms with E-state index in [9.17, 15) is 4.79 Å². The summed E-state index contributed by atoms with van der Waals surface area (Å²) in [4.78, 5) is 18.8. The van der Waals surface area contributed by atoms with Gasteiger partial charge in [-0.3, -0.25) is 4.79 Å². The number of nitrogens with zero attached hydrogens (tertiary/aromatic N) is 2. The molecule has 1 fully saturated rings. The Bertz CT molecular complexity index is 373. The SMILES string of the molecule is Cc1ncsc1C(=O)NCCN(C)C1CC1. The predicted molar refractivity (Wildman–Crippen MR) is 64.8 cm³/mol. The van der Waals surface area contributed by atoms with Crippen LogP contribution in [0.25, 0.3) is 0 Å². The highest BCUT2D eigenvalue weighted by Crippen LogP contribution is 2.24. The molecule has 1 amide bonds. The van der Waals surface area contributed by atoms with Crippen LogP contribution in [0, 0.1) is 6.92 Å². The Balaban J connectivity index is 1.73. The van der Waals surface area contributed by atoms with Gasteiger partial charge in [0.2, 0.25) is 0 Å². The maximum absolute atomic E-state index is 11.7. The molecule has 1 saturated carbocycles. The van der Waals surface area contributed by atoms with Gasteiger partial charge in [-0.1, -0.05) is 0 Å². The second-order valence-electron chi connectivity index (χ2n) is 4.23. The number of carbonyl (C=O) groups excluding carboxylic acids is 1. The van der Waals surface area contributed by atoms with Crippen molar-refractivity contribution in [3.8, 4) is 0 Å². The summed E-state index contributed by atoms with van der Waals surface area (Å²) in [6, 6.07) is 0.752. The number of aryl methyl sites for hydroxylation is 1. The number of likely N-dealkylation sites (N-methyl/N-ethyl adjacent to an activating group) is 1. The lowest BCUT2D eigenvalue weighted by molar-refractivity contribution is 0.0952. The van der Waals surface area contributed by atoms with Crippen LogP contribution in [0.4, 0.5) is 0 Å². The zero-order chi connectivity index (χ0) is 11.5. The molecular weight excluding hydrogens is 222 g/mol. The van der Waals surface area contributed by atoms with E-state index in [0.717, 1.165) is 23.2 Å². The second-order valence-corrected chi connectivity index (χ2v) is 5.09. The monoisotopic (exact) mass is 239 g/mol. The van der Waals surface area contributed by atoms with Crippen molar-refractivity contribution in [2.24, 2.45) is 0 Å². The summed E-state index contributed by atoms with van der Waals surface area (Å²) >= 11 is 1.40. The van der Waals surface area contributed by atoms with Gasteiger partial charge in [0.1, 0.15) is 4.88 Å². The van der Waals surface area contributed by atoms with Gasteiger partial charge in [0.25, 0.3) is 5.91 Å². The van der Waals surface area contributed by atoms with Crippen molar-refractivity contribution in [1.82, 2.24) is 15.2 Å². The van der Waals surface area contributed by atoms with E-state index >= 15 is 0 Å². The van der Waals surface area contributed by atoms with Crippen LogP contribution in [0.15, 0.2) is 5.51 Å². The lowest BCUT2D eigenvalue weighted by atomic mass is 10.3. The predicted octanol–water partition coefficient (Wildman–Crippen LogP) is 1.28. The molecule has 0 aliphatic heterocycles. The largest absolute Gasteiger partial charge is 0.350 e. The van der Waals surface area contributed by atoms with Crippen molar-refractivity contribution in [1.29, 1.82) is 0 Å². The summed E-state index contributed by atoms with van der Waals surface area (Å²) in [5, 5.41) is 2.93. The molecule has 0 bridgehead atoms. The minimum atomic E-state index is 0.00389. The maximum Gasteiger partial charge on any atom is 0.263 e. The summed E-state index contributed by atoms with van der Waals surface area (Å²) in [5.41, 5.74) is 2.53. The molecule has 2 rings (SSSR count). The fourth-order valence-corrected chi connectivity index (χ4v) is 2.36. The number of carbonyl (C=O) groups is 1. The zero-order valence-electron chi connectivity index (χ0n) is 9.69. The molecule has 16 heavy (non-hydrogen) atoms. The smallest absolute Gasteiger partial charge is 0.263 e. The van der Waals surface area contributed by atoms with Gasteiger partial charge >= 0.3 is 0 Å². The topological polar surface area (TPSA) is 45.2 Å². The Morgan fingerprint density at radius 1 is 1.69 bits per heavy atom. The molecule has 1 N–H and O–H groups in total. The number of hydrogen-bond acceptors (Lipinski definition) is 4. The first-order chi connectivity index (χ1) is 7.68. The van der Waals surface area contributed by atoms with Crippen LogP contribution in [0.5, 0.6) is 0 Å². The minimum Gasteiger partial charge on any atom is -0.350 e. The van der Waals surface area contributed by atoms with E-state index in [1.54, 1.807) is 5.51 Å². The molecule has 5 heteroatoms. The van der Waals surface area contributed by atoms with Crippen LogP contribution in [0.1, 0.15) is 28.2 Å². The van der Waals surface area contributed by atoms with E-state index in [0.29, 0.717) is 6.54 Å². The Kier molecular flexibility index (Phi) is 3.56. The van der Waals surface area contributed by atoms with Crippen molar-refractivity contribution in [3.05, 3.63) is 16.1 Å². The van der Waals surface area contributed by atoms with E-state index in [-0.39, 0.29) is 5.91 Å². The molecule has 1 aromatic heterocycles. The average molecular weight is 239 g/mol. The van der Waals surface area contributed by atoms with Gasteiger partial charge in [-0.15, -0.1) is 11.3 Å². The van der Waals surface area contributed by atoms with Crippen LogP contribution >= 0.6 is 11.3 Å². The van der Waals surface area contributed by atoms with Gasteiger partial charge in [0, 0.05) is 19.1 Å². The lowest BCUT2D eigenvalue weighted by Crippen LogP contribution is -2.33. The van der Waals surface area contributed by atoms with Crippen LogP contribution < -0.4 is 5.32 Å². The molecule has 4 nitrogen and oxygen atoms in total. The molecule has 0 unspecified atom stereocenters. The number of rotatable bonds is 5. The molecule has 88 valence electrons. The first-order valence-corrected chi connectivity index (χ1v) is 6.45. The highest BCUT2D eigenvalue weighted by Gasteiger charge is 2.25. The Hall–Kier alpha value is -0.940. The van der Waals surface area contributed by atoms with Crippen molar-refractivity contribution in [2.45, 2.75) is 25.8 Å². The van der Waals surface area contributed by atoms with Gasteiger partial charge in [-0.2, -0.15) is 0 Å². The normalized spacial score (nSPS) is 15.4. The fraction of sp³-hybridized carbons (Fsp3) is 0.636. The summed E-state index contributed by atoms with van der Waals surface area (Å²) in [7, 11) is 2.11.